The number of carbonyl (C=O) groups excluding carboxylic acids is 1. The molecular weight excluding hydrogens is 234 g/mol. The maximum absolute atomic E-state index is 11.3. The maximum Gasteiger partial charge on any atom is 0.210 e. The molecule has 0 heterocycles. The van der Waals surface area contributed by atoms with Crippen molar-refractivity contribution in [1.29, 1.82) is 0 Å². The van der Waals surface area contributed by atoms with Crippen molar-refractivity contribution >= 4 is 6.41 Å². The van der Waals surface area contributed by atoms with Crippen molar-refractivity contribution in [3.05, 3.63) is 23.3 Å². The second-order valence-corrected chi connectivity index (χ2v) is 5.97. The number of rotatable bonds is 9. The average molecular weight is 265 g/mol. The summed E-state index contributed by atoms with van der Waals surface area (Å²) in [5, 5.41) is 0. The Labute approximate surface area is 119 Å². The number of amides is 1. The Morgan fingerprint density at radius 3 is 1.53 bits per heavy atom. The van der Waals surface area contributed by atoms with Crippen LogP contribution in [0.1, 0.15) is 67.2 Å². The van der Waals surface area contributed by atoms with E-state index in [1.807, 2.05) is 4.90 Å². The summed E-state index contributed by atoms with van der Waals surface area (Å²) < 4.78 is 0. The van der Waals surface area contributed by atoms with Gasteiger partial charge in [0.2, 0.25) is 6.41 Å². The van der Waals surface area contributed by atoms with Crippen molar-refractivity contribution < 1.29 is 4.79 Å². The van der Waals surface area contributed by atoms with Crippen molar-refractivity contribution in [2.75, 3.05) is 0 Å². The summed E-state index contributed by atoms with van der Waals surface area (Å²) in [6.45, 7) is 12.7. The van der Waals surface area contributed by atoms with Gasteiger partial charge in [-0.15, -0.1) is 0 Å². The molecule has 2 atom stereocenters. The molecule has 0 fully saturated rings. The van der Waals surface area contributed by atoms with E-state index in [9.17, 15) is 4.79 Å². The highest BCUT2D eigenvalue weighted by Gasteiger charge is 2.16. The van der Waals surface area contributed by atoms with Gasteiger partial charge in [0, 0.05) is 12.1 Å². The fourth-order valence-corrected chi connectivity index (χ4v) is 2.17. The lowest BCUT2D eigenvalue weighted by atomic mass is 10.1. The first-order valence-electron chi connectivity index (χ1n) is 7.38. The van der Waals surface area contributed by atoms with E-state index in [1.165, 1.54) is 11.1 Å². The Morgan fingerprint density at radius 1 is 0.895 bits per heavy atom. The topological polar surface area (TPSA) is 20.3 Å². The van der Waals surface area contributed by atoms with Crippen LogP contribution < -0.4 is 0 Å². The molecule has 0 aliphatic heterocycles. The van der Waals surface area contributed by atoms with Gasteiger partial charge in [0.1, 0.15) is 0 Å². The molecule has 0 aliphatic rings. The number of hydrogen-bond donors (Lipinski definition) is 0. The molecule has 0 N–H and O–H groups in total. The van der Waals surface area contributed by atoms with Gasteiger partial charge in [0.15, 0.2) is 0 Å². The van der Waals surface area contributed by atoms with Gasteiger partial charge in [-0.2, -0.15) is 0 Å². The Balaban J connectivity index is 4.26. The van der Waals surface area contributed by atoms with Gasteiger partial charge < -0.3 is 4.90 Å². The second-order valence-electron chi connectivity index (χ2n) is 5.97. The second kappa shape index (κ2) is 9.82. The van der Waals surface area contributed by atoms with Crippen LogP contribution in [0.3, 0.4) is 0 Å². The molecule has 0 aromatic heterocycles. The van der Waals surface area contributed by atoms with E-state index in [0.29, 0.717) is 12.1 Å². The molecule has 0 aromatic carbocycles. The number of hydrogen-bond acceptors (Lipinski definition) is 1. The Hall–Kier alpha value is -1.05. The molecule has 0 bridgehead atoms. The minimum atomic E-state index is 0.315. The zero-order chi connectivity index (χ0) is 14.8. The van der Waals surface area contributed by atoms with Crippen LogP contribution in [0.5, 0.6) is 0 Å². The van der Waals surface area contributed by atoms with E-state index in [4.69, 9.17) is 0 Å². The fraction of sp³-hybridized carbons (Fsp3) is 0.706. The largest absolute Gasteiger partial charge is 0.340 e. The van der Waals surface area contributed by atoms with Crippen molar-refractivity contribution in [2.45, 2.75) is 79.3 Å². The van der Waals surface area contributed by atoms with Gasteiger partial charge >= 0.3 is 0 Å². The van der Waals surface area contributed by atoms with Gasteiger partial charge in [-0.05, 0) is 67.2 Å². The van der Waals surface area contributed by atoms with Crippen molar-refractivity contribution in [3.8, 4) is 0 Å². The summed E-state index contributed by atoms with van der Waals surface area (Å²) in [5.41, 5.74) is 2.70. The third-order valence-electron chi connectivity index (χ3n) is 3.41. The normalized spacial score (nSPS) is 13.4. The van der Waals surface area contributed by atoms with E-state index in [1.54, 1.807) is 0 Å². The third-order valence-corrected chi connectivity index (χ3v) is 3.41. The molecule has 0 saturated carbocycles. The minimum absolute atomic E-state index is 0.315. The SMILES string of the molecule is CC(C)=CCC[C@H](C)N(C=O)[C@@H](C)CCC=C(C)C. The Bertz CT molecular complexity index is 281. The molecule has 0 unspecified atom stereocenters. The van der Waals surface area contributed by atoms with Crippen molar-refractivity contribution in [1.82, 2.24) is 4.90 Å². The van der Waals surface area contributed by atoms with E-state index >= 15 is 0 Å². The molecule has 0 aliphatic carbocycles. The van der Waals surface area contributed by atoms with Gasteiger partial charge in [0.05, 0.1) is 0 Å². The molecule has 19 heavy (non-hydrogen) atoms. The minimum Gasteiger partial charge on any atom is -0.340 e. The third kappa shape index (κ3) is 8.63. The molecule has 0 rings (SSSR count). The molecule has 0 saturated heterocycles. The first kappa shape index (κ1) is 17.9. The van der Waals surface area contributed by atoms with Crippen LogP contribution in [0.25, 0.3) is 0 Å². The van der Waals surface area contributed by atoms with Crippen LogP contribution in [-0.2, 0) is 4.79 Å². The standard InChI is InChI=1S/C17H31NO/c1-14(2)9-7-11-16(5)18(13-19)17(6)12-8-10-15(3)4/h9-10,13,16-17H,7-8,11-12H2,1-6H3/t16-,17-/m0/s1. The van der Waals surface area contributed by atoms with Gasteiger partial charge in [-0.1, -0.05) is 23.3 Å². The molecule has 2 nitrogen and oxygen atoms in total. The van der Waals surface area contributed by atoms with Crippen LogP contribution in [0.2, 0.25) is 0 Å². The zero-order valence-corrected chi connectivity index (χ0v) is 13.6. The first-order valence-corrected chi connectivity index (χ1v) is 7.38. The number of allylic oxidation sites excluding steroid dienone is 4. The first-order chi connectivity index (χ1) is 8.88. The lowest BCUT2D eigenvalue weighted by molar-refractivity contribution is -0.122. The monoisotopic (exact) mass is 265 g/mol. The Morgan fingerprint density at radius 2 is 1.26 bits per heavy atom. The smallest absolute Gasteiger partial charge is 0.210 e. The van der Waals surface area contributed by atoms with E-state index in [-0.39, 0.29) is 0 Å². The molecule has 1 amide bonds. The lowest BCUT2D eigenvalue weighted by Gasteiger charge is -2.31. The summed E-state index contributed by atoms with van der Waals surface area (Å²) in [6.07, 6.45) is 9.68. The fourth-order valence-electron chi connectivity index (χ4n) is 2.17. The highest BCUT2D eigenvalue weighted by molar-refractivity contribution is 5.48. The molecule has 0 aromatic rings. The maximum atomic E-state index is 11.3. The highest BCUT2D eigenvalue weighted by atomic mass is 16.1. The highest BCUT2D eigenvalue weighted by Crippen LogP contribution is 2.14. The molecule has 2 heteroatoms. The average Bonchev–Trinajstić information content (AvgIpc) is 2.28. The predicted octanol–water partition coefficient (Wildman–Crippen LogP) is 4.71. The van der Waals surface area contributed by atoms with Crippen LogP contribution >= 0.6 is 0 Å². The van der Waals surface area contributed by atoms with E-state index in [2.05, 4.69) is 53.7 Å². The zero-order valence-electron chi connectivity index (χ0n) is 13.6. The molecule has 0 spiro atoms. The quantitative estimate of drug-likeness (QED) is 0.436. The predicted molar refractivity (Wildman–Crippen MR) is 84.2 cm³/mol. The molecule has 110 valence electrons. The van der Waals surface area contributed by atoms with Crippen molar-refractivity contribution in [2.24, 2.45) is 0 Å². The number of nitrogens with zero attached hydrogens (tertiary/aromatic N) is 1. The summed E-state index contributed by atoms with van der Waals surface area (Å²) in [7, 11) is 0. The van der Waals surface area contributed by atoms with E-state index in [0.717, 1.165) is 32.1 Å². The molecule has 0 radical (unpaired) electrons. The Kier molecular flexibility index (Phi) is 9.28. The van der Waals surface area contributed by atoms with Gasteiger partial charge in [0.25, 0.3) is 0 Å². The number of carbonyl (C=O) groups is 1. The van der Waals surface area contributed by atoms with Crippen LogP contribution in [0.4, 0.5) is 0 Å². The van der Waals surface area contributed by atoms with Gasteiger partial charge in [-0.3, -0.25) is 4.79 Å². The van der Waals surface area contributed by atoms with Crippen LogP contribution in [0, 0.1) is 0 Å². The summed E-state index contributed by atoms with van der Waals surface area (Å²) >= 11 is 0. The summed E-state index contributed by atoms with van der Waals surface area (Å²) in [5.74, 6) is 0. The van der Waals surface area contributed by atoms with E-state index < -0.39 is 0 Å². The lowest BCUT2D eigenvalue weighted by Crippen LogP contribution is -2.39. The summed E-state index contributed by atoms with van der Waals surface area (Å²) in [6, 6.07) is 0.629. The molecular formula is C17H31NO. The summed E-state index contributed by atoms with van der Waals surface area (Å²) in [4.78, 5) is 13.2. The van der Waals surface area contributed by atoms with Gasteiger partial charge in [-0.25, -0.2) is 0 Å². The van der Waals surface area contributed by atoms with Crippen molar-refractivity contribution in [3.63, 3.8) is 0 Å². The van der Waals surface area contributed by atoms with Crippen LogP contribution in [0.15, 0.2) is 23.3 Å². The van der Waals surface area contributed by atoms with Crippen LogP contribution in [-0.4, -0.2) is 23.4 Å².